The lowest BCUT2D eigenvalue weighted by atomic mass is 10.0. The number of amides is 1. The maximum atomic E-state index is 12.9. The van der Waals surface area contributed by atoms with Crippen LogP contribution in [0.4, 0.5) is 5.69 Å². The summed E-state index contributed by atoms with van der Waals surface area (Å²) in [6, 6.07) is 8.42. The molecule has 0 unspecified atom stereocenters. The summed E-state index contributed by atoms with van der Waals surface area (Å²) in [5, 5.41) is 0. The van der Waals surface area contributed by atoms with Crippen LogP contribution >= 0.6 is 0 Å². The molecule has 0 spiro atoms. The van der Waals surface area contributed by atoms with Crippen molar-refractivity contribution in [3.05, 3.63) is 29.8 Å². The molecule has 1 aromatic carbocycles. The molecule has 2 fully saturated rings. The first-order valence-electron chi connectivity index (χ1n) is 7.75. The summed E-state index contributed by atoms with van der Waals surface area (Å²) < 4.78 is 0. The Morgan fingerprint density at radius 3 is 2.50 bits per heavy atom. The van der Waals surface area contributed by atoms with Gasteiger partial charge in [-0.1, -0.05) is 31.5 Å². The van der Waals surface area contributed by atoms with Gasteiger partial charge in [-0.2, -0.15) is 0 Å². The maximum Gasteiger partial charge on any atom is 0.245 e. The first-order chi connectivity index (χ1) is 9.59. The van der Waals surface area contributed by atoms with Crippen molar-refractivity contribution >= 4 is 11.6 Å². The number of piperidine rings is 1. The van der Waals surface area contributed by atoms with Gasteiger partial charge in [0.25, 0.3) is 0 Å². The Bertz CT molecular complexity index is 494. The average Bonchev–Trinajstić information content (AvgIpc) is 2.72. The second kappa shape index (κ2) is 5.21. The summed E-state index contributed by atoms with van der Waals surface area (Å²) in [5.74, 6) is 0.661. The lowest BCUT2D eigenvalue weighted by Gasteiger charge is -2.35. The molecule has 20 heavy (non-hydrogen) atoms. The fourth-order valence-electron chi connectivity index (χ4n) is 3.64. The Morgan fingerprint density at radius 1 is 1.15 bits per heavy atom. The number of fused-ring (bicyclic) bond motifs is 1. The van der Waals surface area contributed by atoms with Crippen molar-refractivity contribution < 1.29 is 4.79 Å². The van der Waals surface area contributed by atoms with Crippen molar-refractivity contribution in [2.24, 2.45) is 5.92 Å². The minimum Gasteiger partial charge on any atom is -0.295 e. The molecule has 1 amide bonds. The van der Waals surface area contributed by atoms with Crippen molar-refractivity contribution in [2.75, 3.05) is 11.4 Å². The second-order valence-corrected chi connectivity index (χ2v) is 6.45. The van der Waals surface area contributed by atoms with Gasteiger partial charge in [-0.15, -0.1) is 0 Å². The molecule has 3 heteroatoms. The number of rotatable bonds is 2. The van der Waals surface area contributed by atoms with Crippen LogP contribution in [0.3, 0.4) is 0 Å². The van der Waals surface area contributed by atoms with Crippen molar-refractivity contribution in [1.82, 2.24) is 4.90 Å². The average molecular weight is 272 g/mol. The molecule has 1 aromatic rings. The van der Waals surface area contributed by atoms with Gasteiger partial charge in [0.15, 0.2) is 0 Å². The highest BCUT2D eigenvalue weighted by atomic mass is 16.2. The molecule has 0 aliphatic carbocycles. The van der Waals surface area contributed by atoms with Crippen LogP contribution in [0.2, 0.25) is 0 Å². The molecule has 0 N–H and O–H groups in total. The topological polar surface area (TPSA) is 23.6 Å². The quantitative estimate of drug-likeness (QED) is 0.825. The van der Waals surface area contributed by atoms with E-state index in [1.807, 2.05) is 4.90 Å². The monoisotopic (exact) mass is 272 g/mol. The highest BCUT2D eigenvalue weighted by molar-refractivity contribution is 6.00. The van der Waals surface area contributed by atoms with Gasteiger partial charge in [-0.25, -0.2) is 0 Å². The van der Waals surface area contributed by atoms with E-state index in [-0.39, 0.29) is 18.1 Å². The number of hydrogen-bond donors (Lipinski definition) is 0. The molecular weight excluding hydrogens is 248 g/mol. The standard InChI is InChI=1S/C17H24N2O/c1-12(2)16-17(20)19(14-9-7-13(3)8-10-14)15-6-4-5-11-18(15)16/h7-10,12,15-16H,4-6,11H2,1-3H3/t15-,16+/m1/s1. The smallest absolute Gasteiger partial charge is 0.245 e. The second-order valence-electron chi connectivity index (χ2n) is 6.45. The highest BCUT2D eigenvalue weighted by Crippen LogP contribution is 2.36. The predicted molar refractivity (Wildman–Crippen MR) is 81.6 cm³/mol. The predicted octanol–water partition coefficient (Wildman–Crippen LogP) is 3.18. The number of nitrogens with zero attached hydrogens (tertiary/aromatic N) is 2. The van der Waals surface area contributed by atoms with Crippen LogP contribution in [0.15, 0.2) is 24.3 Å². The molecule has 2 heterocycles. The molecule has 2 saturated heterocycles. The van der Waals surface area contributed by atoms with Crippen LogP contribution in [0.25, 0.3) is 0 Å². The van der Waals surface area contributed by atoms with Crippen LogP contribution in [0.5, 0.6) is 0 Å². The largest absolute Gasteiger partial charge is 0.295 e. The number of aryl methyl sites for hydroxylation is 1. The third kappa shape index (κ3) is 2.14. The Balaban J connectivity index is 1.97. The lowest BCUT2D eigenvalue weighted by Crippen LogP contribution is -2.45. The van der Waals surface area contributed by atoms with Crippen molar-refractivity contribution in [3.63, 3.8) is 0 Å². The van der Waals surface area contributed by atoms with Crippen LogP contribution in [0, 0.1) is 12.8 Å². The number of benzene rings is 1. The first-order valence-corrected chi connectivity index (χ1v) is 7.75. The molecule has 2 atom stereocenters. The lowest BCUT2D eigenvalue weighted by molar-refractivity contribution is -0.120. The molecule has 0 saturated carbocycles. The fourth-order valence-corrected chi connectivity index (χ4v) is 3.64. The number of carbonyl (C=O) groups excluding carboxylic acids is 1. The molecule has 0 bridgehead atoms. The molecule has 2 aliphatic heterocycles. The molecule has 2 aliphatic rings. The summed E-state index contributed by atoms with van der Waals surface area (Å²) in [7, 11) is 0. The van der Waals surface area contributed by atoms with Crippen LogP contribution in [0.1, 0.15) is 38.7 Å². The molecule has 3 rings (SSSR count). The zero-order valence-electron chi connectivity index (χ0n) is 12.7. The van der Waals surface area contributed by atoms with E-state index >= 15 is 0 Å². The Hall–Kier alpha value is -1.35. The number of anilines is 1. The van der Waals surface area contributed by atoms with Gasteiger partial charge < -0.3 is 0 Å². The van der Waals surface area contributed by atoms with E-state index < -0.39 is 0 Å². The van der Waals surface area contributed by atoms with Gasteiger partial charge in [0.1, 0.15) is 0 Å². The Kier molecular flexibility index (Phi) is 3.55. The van der Waals surface area contributed by atoms with Crippen molar-refractivity contribution in [3.8, 4) is 0 Å². The van der Waals surface area contributed by atoms with Crippen molar-refractivity contribution in [1.29, 1.82) is 0 Å². The molecular formula is C17H24N2O. The van der Waals surface area contributed by atoms with Gasteiger partial charge >= 0.3 is 0 Å². The zero-order chi connectivity index (χ0) is 14.3. The maximum absolute atomic E-state index is 12.9. The van der Waals surface area contributed by atoms with E-state index in [0.29, 0.717) is 5.92 Å². The van der Waals surface area contributed by atoms with Crippen LogP contribution in [-0.2, 0) is 4.79 Å². The Morgan fingerprint density at radius 2 is 1.85 bits per heavy atom. The highest BCUT2D eigenvalue weighted by Gasteiger charge is 2.48. The van der Waals surface area contributed by atoms with E-state index in [4.69, 9.17) is 0 Å². The summed E-state index contributed by atoms with van der Waals surface area (Å²) in [6.45, 7) is 7.46. The molecule has 108 valence electrons. The van der Waals surface area contributed by atoms with Crippen molar-refractivity contribution in [2.45, 2.75) is 52.2 Å². The third-order valence-electron chi connectivity index (χ3n) is 4.60. The minimum atomic E-state index is 0.0570. The third-order valence-corrected chi connectivity index (χ3v) is 4.60. The minimum absolute atomic E-state index is 0.0570. The van der Waals surface area contributed by atoms with E-state index in [0.717, 1.165) is 18.7 Å². The van der Waals surface area contributed by atoms with E-state index in [1.54, 1.807) is 0 Å². The Labute approximate surface area is 121 Å². The van der Waals surface area contributed by atoms with E-state index in [9.17, 15) is 4.79 Å². The SMILES string of the molecule is Cc1ccc(N2C(=O)[C@H](C(C)C)N3CCCC[C@@H]23)cc1. The van der Waals surface area contributed by atoms with Crippen LogP contribution in [-0.4, -0.2) is 29.6 Å². The zero-order valence-corrected chi connectivity index (χ0v) is 12.7. The summed E-state index contributed by atoms with van der Waals surface area (Å²) in [6.07, 6.45) is 3.81. The number of carbonyl (C=O) groups is 1. The molecule has 3 nitrogen and oxygen atoms in total. The summed E-state index contributed by atoms with van der Waals surface area (Å²) in [5.41, 5.74) is 2.29. The summed E-state index contributed by atoms with van der Waals surface area (Å²) >= 11 is 0. The normalized spacial score (nSPS) is 27.2. The van der Waals surface area contributed by atoms with Gasteiger partial charge in [0.05, 0.1) is 12.2 Å². The first kappa shape index (κ1) is 13.6. The van der Waals surface area contributed by atoms with Crippen LogP contribution < -0.4 is 4.90 Å². The van der Waals surface area contributed by atoms with Gasteiger partial charge in [0, 0.05) is 12.2 Å². The summed E-state index contributed by atoms with van der Waals surface area (Å²) in [4.78, 5) is 17.4. The number of hydrogen-bond acceptors (Lipinski definition) is 2. The van der Waals surface area contributed by atoms with Gasteiger partial charge in [0.2, 0.25) is 5.91 Å². The fraction of sp³-hybridized carbons (Fsp3) is 0.588. The molecule has 0 radical (unpaired) electrons. The van der Waals surface area contributed by atoms with E-state index in [1.165, 1.54) is 18.4 Å². The van der Waals surface area contributed by atoms with Gasteiger partial charge in [-0.05, 0) is 44.2 Å². The van der Waals surface area contributed by atoms with Gasteiger partial charge in [-0.3, -0.25) is 14.6 Å². The molecule has 0 aromatic heterocycles. The van der Waals surface area contributed by atoms with E-state index in [2.05, 4.69) is 49.9 Å².